The molecule has 1 fully saturated rings. The van der Waals surface area contributed by atoms with Gasteiger partial charge in [0.2, 0.25) is 0 Å². The van der Waals surface area contributed by atoms with Crippen molar-refractivity contribution in [2.24, 2.45) is 0 Å². The van der Waals surface area contributed by atoms with Gasteiger partial charge in [-0.05, 0) is 36.6 Å². The number of carbonyl (C=O) groups is 2. The lowest BCUT2D eigenvalue weighted by molar-refractivity contribution is -0.139. The number of aliphatic hydroxyl groups excluding tert-OH is 1. The molecule has 30 heavy (non-hydrogen) atoms. The van der Waals surface area contributed by atoms with Gasteiger partial charge >= 0.3 is 0 Å². The van der Waals surface area contributed by atoms with Crippen molar-refractivity contribution in [3.05, 3.63) is 107 Å². The zero-order valence-electron chi connectivity index (χ0n) is 16.7. The number of hydrogen-bond acceptors (Lipinski definition) is 4. The van der Waals surface area contributed by atoms with Crippen molar-refractivity contribution in [1.82, 2.24) is 9.88 Å². The Hall–Kier alpha value is -3.73. The number of Topliss-reactive ketones (excluding diaryl/α,β-unsaturated/α-hetero) is 1. The first-order valence-electron chi connectivity index (χ1n) is 9.85. The van der Waals surface area contributed by atoms with Crippen molar-refractivity contribution in [1.29, 1.82) is 0 Å². The molecular formula is C25H22N2O3. The van der Waals surface area contributed by atoms with E-state index in [1.54, 1.807) is 41.6 Å². The molecule has 5 nitrogen and oxygen atoms in total. The summed E-state index contributed by atoms with van der Waals surface area (Å²) in [5, 5.41) is 11.0. The molecule has 1 atom stereocenters. The van der Waals surface area contributed by atoms with Crippen LogP contribution in [0.15, 0.2) is 84.7 Å². The number of hydrogen-bond donors (Lipinski definition) is 1. The van der Waals surface area contributed by atoms with Crippen LogP contribution in [0.1, 0.15) is 28.3 Å². The van der Waals surface area contributed by atoms with E-state index in [0.29, 0.717) is 18.5 Å². The summed E-state index contributed by atoms with van der Waals surface area (Å²) in [7, 11) is 0. The molecule has 0 spiro atoms. The smallest absolute Gasteiger partial charge is 0.295 e. The van der Waals surface area contributed by atoms with Gasteiger partial charge < -0.3 is 10.0 Å². The third-order valence-corrected chi connectivity index (χ3v) is 5.37. The number of benzene rings is 2. The summed E-state index contributed by atoms with van der Waals surface area (Å²) >= 11 is 0. The maximum Gasteiger partial charge on any atom is 0.295 e. The van der Waals surface area contributed by atoms with Crippen molar-refractivity contribution >= 4 is 17.4 Å². The van der Waals surface area contributed by atoms with Gasteiger partial charge in [0.05, 0.1) is 11.6 Å². The minimum atomic E-state index is -0.664. The molecule has 1 aliphatic heterocycles. The monoisotopic (exact) mass is 398 g/mol. The molecule has 5 heteroatoms. The molecule has 2 heterocycles. The summed E-state index contributed by atoms with van der Waals surface area (Å²) in [5.41, 5.74) is 3.49. The zero-order chi connectivity index (χ0) is 21.1. The second-order valence-electron chi connectivity index (χ2n) is 7.37. The number of nitrogens with zero attached hydrogens (tertiary/aromatic N) is 2. The van der Waals surface area contributed by atoms with Gasteiger partial charge in [-0.2, -0.15) is 0 Å². The molecule has 1 aromatic heterocycles. The van der Waals surface area contributed by atoms with Gasteiger partial charge in [0.25, 0.3) is 11.7 Å². The maximum atomic E-state index is 13.0. The highest BCUT2D eigenvalue weighted by Gasteiger charge is 2.45. The van der Waals surface area contributed by atoms with Gasteiger partial charge in [-0.15, -0.1) is 0 Å². The fourth-order valence-electron chi connectivity index (χ4n) is 3.76. The topological polar surface area (TPSA) is 70.5 Å². The molecule has 3 aromatic rings. The Morgan fingerprint density at radius 2 is 1.63 bits per heavy atom. The molecule has 1 N–H and O–H groups in total. The fraction of sp³-hybridized carbons (Fsp3) is 0.160. The quantitative estimate of drug-likeness (QED) is 0.400. The average Bonchev–Trinajstić information content (AvgIpc) is 3.04. The van der Waals surface area contributed by atoms with Gasteiger partial charge in [-0.1, -0.05) is 60.2 Å². The van der Waals surface area contributed by atoms with Crippen molar-refractivity contribution < 1.29 is 14.7 Å². The van der Waals surface area contributed by atoms with Crippen LogP contribution in [0.5, 0.6) is 0 Å². The van der Waals surface area contributed by atoms with Crippen LogP contribution in [0.2, 0.25) is 0 Å². The Labute approximate surface area is 175 Å². The summed E-state index contributed by atoms with van der Waals surface area (Å²) in [6.45, 7) is 2.32. The number of carbonyl (C=O) groups excluding carboxylic acids is 2. The van der Waals surface area contributed by atoms with E-state index >= 15 is 0 Å². The van der Waals surface area contributed by atoms with E-state index in [0.717, 1.165) is 16.7 Å². The van der Waals surface area contributed by atoms with Crippen molar-refractivity contribution in [3.63, 3.8) is 0 Å². The molecule has 4 rings (SSSR count). The predicted molar refractivity (Wildman–Crippen MR) is 115 cm³/mol. The average molecular weight is 398 g/mol. The Morgan fingerprint density at radius 3 is 2.30 bits per heavy atom. The molecule has 1 unspecified atom stereocenters. The first kappa shape index (κ1) is 19.6. The normalized spacial score (nSPS) is 18.0. The van der Waals surface area contributed by atoms with Crippen LogP contribution in [0.3, 0.4) is 0 Å². The predicted octanol–water partition coefficient (Wildman–Crippen LogP) is 4.05. The van der Waals surface area contributed by atoms with E-state index in [-0.39, 0.29) is 11.3 Å². The lowest BCUT2D eigenvalue weighted by atomic mass is 9.95. The standard InChI is InChI=1S/C25H22N2O3/c1-17-7-9-20(10-8-17)23(28)21-22(19-11-14-26-15-12-19)27(25(30)24(21)29)16-13-18-5-3-2-4-6-18/h2-12,14-15,22,28H,13,16H2,1H3. The summed E-state index contributed by atoms with van der Waals surface area (Å²) in [4.78, 5) is 31.5. The first-order chi connectivity index (χ1) is 14.6. The summed E-state index contributed by atoms with van der Waals surface area (Å²) in [6.07, 6.45) is 3.86. The largest absolute Gasteiger partial charge is 0.507 e. The van der Waals surface area contributed by atoms with Crippen molar-refractivity contribution in [2.45, 2.75) is 19.4 Å². The Kier molecular flexibility index (Phi) is 5.44. The second-order valence-corrected chi connectivity index (χ2v) is 7.37. The van der Waals surface area contributed by atoms with Gasteiger partial charge in [-0.25, -0.2) is 0 Å². The third kappa shape index (κ3) is 3.74. The van der Waals surface area contributed by atoms with E-state index in [1.165, 1.54) is 0 Å². The molecule has 0 saturated carbocycles. The molecule has 150 valence electrons. The molecule has 1 saturated heterocycles. The van der Waals surface area contributed by atoms with Crippen LogP contribution in [0.25, 0.3) is 5.76 Å². The molecule has 0 radical (unpaired) electrons. The van der Waals surface area contributed by atoms with Crippen LogP contribution in [-0.2, 0) is 16.0 Å². The van der Waals surface area contributed by atoms with Crippen molar-refractivity contribution in [2.75, 3.05) is 6.54 Å². The minimum absolute atomic E-state index is 0.114. The van der Waals surface area contributed by atoms with Crippen molar-refractivity contribution in [3.8, 4) is 0 Å². The fourth-order valence-corrected chi connectivity index (χ4v) is 3.76. The first-order valence-corrected chi connectivity index (χ1v) is 9.85. The minimum Gasteiger partial charge on any atom is -0.507 e. The van der Waals surface area contributed by atoms with Crippen LogP contribution >= 0.6 is 0 Å². The molecule has 1 aliphatic rings. The van der Waals surface area contributed by atoms with Crippen LogP contribution < -0.4 is 0 Å². The highest BCUT2D eigenvalue weighted by atomic mass is 16.3. The summed E-state index contributed by atoms with van der Waals surface area (Å²) in [5.74, 6) is -1.42. The molecular weight excluding hydrogens is 376 g/mol. The number of aryl methyl sites for hydroxylation is 1. The lowest BCUT2D eigenvalue weighted by Crippen LogP contribution is -2.31. The van der Waals surface area contributed by atoms with Crippen LogP contribution in [-0.4, -0.2) is 33.2 Å². The summed E-state index contributed by atoms with van der Waals surface area (Å²) < 4.78 is 0. The second kappa shape index (κ2) is 8.33. The van der Waals surface area contributed by atoms with E-state index in [4.69, 9.17) is 0 Å². The van der Waals surface area contributed by atoms with E-state index in [9.17, 15) is 14.7 Å². The molecule has 0 bridgehead atoms. The number of ketones is 1. The number of likely N-dealkylation sites (tertiary alicyclic amines) is 1. The van der Waals surface area contributed by atoms with Gasteiger partial charge in [-0.3, -0.25) is 14.6 Å². The number of rotatable bonds is 5. The highest BCUT2D eigenvalue weighted by molar-refractivity contribution is 6.46. The van der Waals surface area contributed by atoms with E-state index < -0.39 is 17.7 Å². The number of aromatic nitrogens is 1. The number of amides is 1. The van der Waals surface area contributed by atoms with Crippen LogP contribution in [0.4, 0.5) is 0 Å². The lowest BCUT2D eigenvalue weighted by Gasteiger charge is -2.25. The maximum absolute atomic E-state index is 13.0. The van der Waals surface area contributed by atoms with Gasteiger partial charge in [0.15, 0.2) is 0 Å². The number of pyridine rings is 1. The van der Waals surface area contributed by atoms with Gasteiger partial charge in [0.1, 0.15) is 5.76 Å². The van der Waals surface area contributed by atoms with E-state index in [1.807, 2.05) is 49.4 Å². The summed E-state index contributed by atoms with van der Waals surface area (Å²) in [6, 6.07) is 19.9. The number of aliphatic hydroxyl groups is 1. The Bertz CT molecular complexity index is 1090. The van der Waals surface area contributed by atoms with Gasteiger partial charge in [0, 0.05) is 24.5 Å². The highest BCUT2D eigenvalue weighted by Crippen LogP contribution is 2.39. The zero-order valence-corrected chi connectivity index (χ0v) is 16.7. The SMILES string of the molecule is Cc1ccc(C(O)=C2C(=O)C(=O)N(CCc3ccccc3)C2c2ccncc2)cc1. The Morgan fingerprint density at radius 1 is 0.967 bits per heavy atom. The Balaban J connectivity index is 1.76. The third-order valence-electron chi connectivity index (χ3n) is 5.37. The molecule has 1 amide bonds. The van der Waals surface area contributed by atoms with E-state index in [2.05, 4.69) is 4.98 Å². The molecule has 2 aromatic carbocycles. The van der Waals surface area contributed by atoms with Crippen LogP contribution in [0, 0.1) is 6.92 Å². The molecule has 0 aliphatic carbocycles.